The van der Waals surface area contributed by atoms with Gasteiger partial charge in [0, 0.05) is 12.1 Å². The summed E-state index contributed by atoms with van der Waals surface area (Å²) in [5.74, 6) is -0.0946. The number of hydrogen-bond donors (Lipinski definition) is 1. The summed E-state index contributed by atoms with van der Waals surface area (Å²) in [4.78, 5) is 23.3. The third kappa shape index (κ3) is 5.56. The van der Waals surface area contributed by atoms with E-state index in [-0.39, 0.29) is 27.3 Å². The number of nitro groups is 1. The molecule has 3 aromatic rings. The summed E-state index contributed by atoms with van der Waals surface area (Å²) in [6.07, 6.45) is -4.69. The monoisotopic (exact) mass is 540 g/mol. The molecule has 0 saturated carbocycles. The summed E-state index contributed by atoms with van der Waals surface area (Å²) in [6.45, 7) is 6.50. The Bertz CT molecular complexity index is 1290. The number of aromatic nitrogens is 2. The van der Waals surface area contributed by atoms with E-state index in [1.807, 2.05) is 26.8 Å². The predicted molar refractivity (Wildman–Crippen MR) is 122 cm³/mol. The van der Waals surface area contributed by atoms with E-state index in [9.17, 15) is 28.1 Å². The van der Waals surface area contributed by atoms with Crippen LogP contribution in [0, 0.1) is 37.8 Å². The Morgan fingerprint density at radius 2 is 1.85 bits per heavy atom. The van der Waals surface area contributed by atoms with E-state index in [0.29, 0.717) is 5.75 Å². The number of nitrogens with one attached hydrogen (secondary N) is 1. The first-order valence-corrected chi connectivity index (χ1v) is 10.7. The summed E-state index contributed by atoms with van der Waals surface area (Å²) in [5.41, 5.74) is 1.46. The fourth-order valence-electron chi connectivity index (χ4n) is 3.25. The number of nitro benzene ring substituents is 1. The van der Waals surface area contributed by atoms with Crippen LogP contribution in [-0.2, 0) is 17.5 Å². The van der Waals surface area contributed by atoms with Gasteiger partial charge < -0.3 is 10.1 Å². The first-order chi connectivity index (χ1) is 15.8. The lowest BCUT2D eigenvalue weighted by atomic mass is 10.1. The zero-order chi connectivity index (χ0) is 25.4. The van der Waals surface area contributed by atoms with Crippen molar-refractivity contribution in [1.29, 1.82) is 0 Å². The summed E-state index contributed by atoms with van der Waals surface area (Å²) < 4.78 is 45.7. The molecule has 1 amide bonds. The molecule has 8 nitrogen and oxygen atoms in total. The van der Waals surface area contributed by atoms with Crippen LogP contribution in [0.5, 0.6) is 11.5 Å². The SMILES string of the molecule is Cc1cc(C)c(C)c(Oc2cc(NC(=O)Cn3nc(C(F)(F)F)c(Br)c3C)cc([N+](=O)[O-])c2)c1. The zero-order valence-corrected chi connectivity index (χ0v) is 20.2. The smallest absolute Gasteiger partial charge is 0.436 e. The second-order valence-electron chi connectivity index (χ2n) is 7.73. The lowest BCUT2D eigenvalue weighted by Gasteiger charge is -2.13. The summed E-state index contributed by atoms with van der Waals surface area (Å²) in [5, 5.41) is 17.3. The van der Waals surface area contributed by atoms with Gasteiger partial charge >= 0.3 is 6.18 Å². The number of ether oxygens (including phenoxy) is 1. The van der Waals surface area contributed by atoms with Gasteiger partial charge in [-0.2, -0.15) is 18.3 Å². The molecule has 180 valence electrons. The van der Waals surface area contributed by atoms with Gasteiger partial charge in [-0.1, -0.05) is 6.07 Å². The number of non-ortho nitro benzene ring substituents is 1. The van der Waals surface area contributed by atoms with E-state index in [1.165, 1.54) is 19.1 Å². The van der Waals surface area contributed by atoms with Gasteiger partial charge in [-0.05, 0) is 66.4 Å². The minimum Gasteiger partial charge on any atom is -0.457 e. The summed E-state index contributed by atoms with van der Waals surface area (Å²) in [7, 11) is 0. The third-order valence-corrected chi connectivity index (χ3v) is 6.02. The highest BCUT2D eigenvalue weighted by atomic mass is 79.9. The Labute approximate surface area is 201 Å². The van der Waals surface area contributed by atoms with Crippen LogP contribution in [0.3, 0.4) is 0 Å². The maximum atomic E-state index is 13.1. The first-order valence-electron chi connectivity index (χ1n) is 9.91. The molecule has 2 aromatic carbocycles. The van der Waals surface area contributed by atoms with Crippen LogP contribution in [-0.4, -0.2) is 20.6 Å². The van der Waals surface area contributed by atoms with Crippen LogP contribution in [0.1, 0.15) is 28.1 Å². The van der Waals surface area contributed by atoms with Crippen LogP contribution in [0.25, 0.3) is 0 Å². The lowest BCUT2D eigenvalue weighted by Crippen LogP contribution is -2.21. The second-order valence-corrected chi connectivity index (χ2v) is 8.52. The average molecular weight is 541 g/mol. The van der Waals surface area contributed by atoms with Crippen LogP contribution in [0.4, 0.5) is 24.5 Å². The van der Waals surface area contributed by atoms with Gasteiger partial charge in [-0.3, -0.25) is 19.6 Å². The molecule has 0 spiro atoms. The van der Waals surface area contributed by atoms with Crippen molar-refractivity contribution < 1.29 is 27.6 Å². The lowest BCUT2D eigenvalue weighted by molar-refractivity contribution is -0.384. The van der Waals surface area contributed by atoms with Crippen molar-refractivity contribution in [1.82, 2.24) is 9.78 Å². The van der Waals surface area contributed by atoms with Crippen molar-refractivity contribution in [2.45, 2.75) is 40.4 Å². The van der Waals surface area contributed by atoms with E-state index < -0.39 is 29.2 Å². The number of hydrogen-bond acceptors (Lipinski definition) is 5. The van der Waals surface area contributed by atoms with Gasteiger partial charge in [0.25, 0.3) is 5.69 Å². The normalized spacial score (nSPS) is 11.4. The molecule has 0 atom stereocenters. The molecule has 0 fully saturated rings. The number of rotatable bonds is 6. The van der Waals surface area contributed by atoms with Gasteiger partial charge in [0.15, 0.2) is 5.69 Å². The minimum atomic E-state index is -4.69. The van der Waals surface area contributed by atoms with Crippen molar-refractivity contribution in [2.75, 3.05) is 5.32 Å². The number of carbonyl (C=O) groups excluding carboxylic acids is 1. The quantitative estimate of drug-likeness (QED) is 0.294. The Kier molecular flexibility index (Phi) is 7.01. The Hall–Kier alpha value is -3.41. The molecule has 0 aliphatic rings. The molecular formula is C22H20BrF3N4O4. The van der Waals surface area contributed by atoms with Crippen molar-refractivity contribution in [2.24, 2.45) is 0 Å². The molecule has 34 heavy (non-hydrogen) atoms. The third-order valence-electron chi connectivity index (χ3n) is 5.07. The van der Waals surface area contributed by atoms with E-state index in [2.05, 4.69) is 26.3 Å². The molecule has 1 aromatic heterocycles. The van der Waals surface area contributed by atoms with E-state index in [0.717, 1.165) is 27.4 Å². The van der Waals surface area contributed by atoms with Crippen molar-refractivity contribution in [3.63, 3.8) is 0 Å². The molecule has 0 saturated heterocycles. The highest BCUT2D eigenvalue weighted by Crippen LogP contribution is 2.36. The largest absolute Gasteiger partial charge is 0.457 e. The topological polar surface area (TPSA) is 99.3 Å². The Morgan fingerprint density at radius 1 is 1.18 bits per heavy atom. The molecule has 0 unspecified atom stereocenters. The highest BCUT2D eigenvalue weighted by Gasteiger charge is 2.38. The van der Waals surface area contributed by atoms with Crippen molar-refractivity contribution >= 4 is 33.2 Å². The molecule has 1 heterocycles. The molecular weight excluding hydrogens is 521 g/mol. The van der Waals surface area contributed by atoms with Crippen LogP contribution in [0.15, 0.2) is 34.8 Å². The molecule has 12 heteroatoms. The molecule has 0 aliphatic heterocycles. The first kappa shape index (κ1) is 25.2. The summed E-state index contributed by atoms with van der Waals surface area (Å²) in [6, 6.07) is 7.51. The number of amides is 1. The Morgan fingerprint density at radius 3 is 2.44 bits per heavy atom. The minimum absolute atomic E-state index is 0.0520. The second kappa shape index (κ2) is 9.45. The number of benzene rings is 2. The maximum absolute atomic E-state index is 13.1. The number of carbonyl (C=O) groups is 1. The van der Waals surface area contributed by atoms with E-state index >= 15 is 0 Å². The molecule has 0 bridgehead atoms. The number of halogens is 4. The predicted octanol–water partition coefficient (Wildman–Crippen LogP) is 6.24. The number of nitrogens with zero attached hydrogens (tertiary/aromatic N) is 3. The summed E-state index contributed by atoms with van der Waals surface area (Å²) >= 11 is 2.85. The van der Waals surface area contributed by atoms with Crippen molar-refractivity contribution in [3.8, 4) is 11.5 Å². The fraction of sp³-hybridized carbons (Fsp3) is 0.273. The van der Waals surface area contributed by atoms with Gasteiger partial charge in [-0.15, -0.1) is 0 Å². The molecule has 1 N–H and O–H groups in total. The highest BCUT2D eigenvalue weighted by molar-refractivity contribution is 9.10. The van der Waals surface area contributed by atoms with Crippen molar-refractivity contribution in [3.05, 3.63) is 73.0 Å². The Balaban J connectivity index is 1.87. The van der Waals surface area contributed by atoms with Gasteiger partial charge in [0.1, 0.15) is 18.0 Å². The van der Waals surface area contributed by atoms with E-state index in [4.69, 9.17) is 4.74 Å². The maximum Gasteiger partial charge on any atom is 0.436 e. The van der Waals surface area contributed by atoms with Gasteiger partial charge in [0.05, 0.1) is 26.8 Å². The zero-order valence-electron chi connectivity index (χ0n) is 18.6. The van der Waals surface area contributed by atoms with Crippen LogP contribution < -0.4 is 10.1 Å². The number of alkyl halides is 3. The molecule has 0 radical (unpaired) electrons. The number of aryl methyl sites for hydroxylation is 2. The van der Waals surface area contributed by atoms with Gasteiger partial charge in [-0.25, -0.2) is 0 Å². The van der Waals surface area contributed by atoms with Gasteiger partial charge in [0.2, 0.25) is 5.91 Å². The molecule has 0 aliphatic carbocycles. The number of anilines is 1. The van der Waals surface area contributed by atoms with E-state index in [1.54, 1.807) is 6.07 Å². The fourth-order valence-corrected chi connectivity index (χ4v) is 3.76. The standard InChI is InChI=1S/C22H20BrF3N4O4/c1-11-5-12(2)13(3)18(6-11)34-17-8-15(7-16(9-17)30(32)33)27-19(31)10-29-14(4)20(23)21(28-29)22(24,25)26/h5-9H,10H2,1-4H3,(H,27,31). The average Bonchev–Trinajstić information content (AvgIpc) is 3.00. The molecule has 3 rings (SSSR count). The van der Waals surface area contributed by atoms with Crippen LogP contribution >= 0.6 is 15.9 Å². The van der Waals surface area contributed by atoms with Crippen LogP contribution in [0.2, 0.25) is 0 Å².